The Labute approximate surface area is 120 Å². The first-order valence-electron chi connectivity index (χ1n) is 6.73. The summed E-state index contributed by atoms with van der Waals surface area (Å²) >= 11 is 0. The fourth-order valence-corrected chi connectivity index (χ4v) is 1.65. The van der Waals surface area contributed by atoms with E-state index < -0.39 is 0 Å². The molecule has 4 heteroatoms. The Morgan fingerprint density at radius 2 is 2.00 bits per heavy atom. The topological polar surface area (TPSA) is 47.6 Å². The maximum atomic E-state index is 11.6. The molecule has 0 unspecified atom stereocenters. The molecule has 0 bridgehead atoms. The highest BCUT2D eigenvalue weighted by Crippen LogP contribution is 2.12. The van der Waals surface area contributed by atoms with Crippen LogP contribution in [0.2, 0.25) is 0 Å². The fraction of sp³-hybridized carbons (Fsp3) is 0.438. The minimum atomic E-state index is 0.0414. The summed E-state index contributed by atoms with van der Waals surface area (Å²) in [6.45, 7) is 7.25. The highest BCUT2D eigenvalue weighted by Gasteiger charge is 2.02. The maximum absolute atomic E-state index is 11.6. The predicted octanol–water partition coefficient (Wildman–Crippen LogP) is 2.34. The molecule has 0 heterocycles. The summed E-state index contributed by atoms with van der Waals surface area (Å²) in [5, 5.41) is 2.83. The van der Waals surface area contributed by atoms with E-state index in [1.165, 1.54) is 0 Å². The van der Waals surface area contributed by atoms with Crippen molar-refractivity contribution in [3.63, 3.8) is 0 Å². The number of nitrogens with one attached hydrogen (secondary N) is 1. The van der Waals surface area contributed by atoms with Crippen LogP contribution in [0.25, 0.3) is 0 Å². The van der Waals surface area contributed by atoms with Gasteiger partial charge in [-0.3, -0.25) is 4.79 Å². The highest BCUT2D eigenvalue weighted by atomic mass is 16.5. The number of aryl methyl sites for hydroxylation is 1. The summed E-state index contributed by atoms with van der Waals surface area (Å²) in [6.07, 6.45) is 1.20. The van der Waals surface area contributed by atoms with Gasteiger partial charge in [0.15, 0.2) is 0 Å². The summed E-state index contributed by atoms with van der Waals surface area (Å²) < 4.78 is 10.4. The Balaban J connectivity index is 2.14. The van der Waals surface area contributed by atoms with Crippen molar-refractivity contribution < 1.29 is 14.3 Å². The van der Waals surface area contributed by atoms with Crippen molar-refractivity contribution in [1.82, 2.24) is 5.32 Å². The van der Waals surface area contributed by atoms with Crippen LogP contribution >= 0.6 is 0 Å². The molecular formula is C16H23NO3. The van der Waals surface area contributed by atoms with E-state index in [4.69, 9.17) is 9.47 Å². The van der Waals surface area contributed by atoms with E-state index in [9.17, 15) is 4.79 Å². The molecule has 0 aliphatic rings. The summed E-state index contributed by atoms with van der Waals surface area (Å²) in [4.78, 5) is 11.6. The van der Waals surface area contributed by atoms with Crippen molar-refractivity contribution in [2.75, 3.05) is 26.9 Å². The van der Waals surface area contributed by atoms with Gasteiger partial charge in [-0.15, -0.1) is 0 Å². The van der Waals surface area contributed by atoms with E-state index in [0.29, 0.717) is 26.2 Å². The van der Waals surface area contributed by atoms with Crippen molar-refractivity contribution in [2.24, 2.45) is 0 Å². The molecule has 0 saturated carbocycles. The number of hydrogen-bond acceptors (Lipinski definition) is 3. The molecule has 0 fully saturated rings. The maximum Gasteiger partial charge on any atom is 0.220 e. The molecule has 0 aliphatic heterocycles. The van der Waals surface area contributed by atoms with Crippen LogP contribution in [0.5, 0.6) is 5.75 Å². The lowest BCUT2D eigenvalue weighted by Crippen LogP contribution is -2.27. The number of ether oxygens (including phenoxy) is 2. The molecule has 0 saturated heterocycles. The molecule has 20 heavy (non-hydrogen) atoms. The summed E-state index contributed by atoms with van der Waals surface area (Å²) in [5.41, 5.74) is 2.11. The van der Waals surface area contributed by atoms with Crippen LogP contribution in [-0.4, -0.2) is 32.8 Å². The van der Waals surface area contributed by atoms with Gasteiger partial charge in [0, 0.05) is 13.0 Å². The van der Waals surface area contributed by atoms with E-state index >= 15 is 0 Å². The van der Waals surface area contributed by atoms with Crippen LogP contribution in [0.3, 0.4) is 0 Å². The third-order valence-corrected chi connectivity index (χ3v) is 2.72. The number of carbonyl (C=O) groups excluding carboxylic acids is 1. The Morgan fingerprint density at radius 1 is 1.30 bits per heavy atom. The van der Waals surface area contributed by atoms with Gasteiger partial charge in [0.2, 0.25) is 5.91 Å². The fourth-order valence-electron chi connectivity index (χ4n) is 1.65. The average molecular weight is 277 g/mol. The van der Waals surface area contributed by atoms with Crippen LogP contribution in [0.4, 0.5) is 0 Å². The minimum Gasteiger partial charge on any atom is -0.497 e. The Hall–Kier alpha value is -1.81. The first-order valence-corrected chi connectivity index (χ1v) is 6.73. The zero-order valence-electron chi connectivity index (χ0n) is 12.3. The van der Waals surface area contributed by atoms with Gasteiger partial charge >= 0.3 is 0 Å². The van der Waals surface area contributed by atoms with Crippen LogP contribution in [0.15, 0.2) is 36.4 Å². The highest BCUT2D eigenvalue weighted by molar-refractivity contribution is 5.76. The Kier molecular flexibility index (Phi) is 7.43. The van der Waals surface area contributed by atoms with Crippen molar-refractivity contribution >= 4 is 5.91 Å². The summed E-state index contributed by atoms with van der Waals surface area (Å²) in [5.74, 6) is 0.868. The lowest BCUT2D eigenvalue weighted by atomic mass is 10.1. The van der Waals surface area contributed by atoms with Crippen LogP contribution < -0.4 is 10.1 Å². The summed E-state index contributed by atoms with van der Waals surface area (Å²) in [6, 6.07) is 7.75. The van der Waals surface area contributed by atoms with Crippen LogP contribution in [0.1, 0.15) is 18.9 Å². The van der Waals surface area contributed by atoms with E-state index in [2.05, 4.69) is 11.9 Å². The lowest BCUT2D eigenvalue weighted by molar-refractivity contribution is -0.121. The van der Waals surface area contributed by atoms with Gasteiger partial charge in [-0.05, 0) is 31.0 Å². The molecule has 0 atom stereocenters. The predicted molar refractivity (Wildman–Crippen MR) is 80.0 cm³/mol. The zero-order chi connectivity index (χ0) is 14.8. The second-order valence-electron chi connectivity index (χ2n) is 4.71. The third kappa shape index (κ3) is 6.95. The summed E-state index contributed by atoms with van der Waals surface area (Å²) in [7, 11) is 1.64. The van der Waals surface area contributed by atoms with Gasteiger partial charge in [0.1, 0.15) is 5.75 Å². The van der Waals surface area contributed by atoms with Crippen LogP contribution in [-0.2, 0) is 16.0 Å². The second kappa shape index (κ2) is 9.15. The average Bonchev–Trinajstić information content (AvgIpc) is 2.45. The quantitative estimate of drug-likeness (QED) is 0.557. The molecule has 0 aliphatic carbocycles. The monoisotopic (exact) mass is 277 g/mol. The SMILES string of the molecule is C=C(C)COCCNC(=O)CCc1ccc(OC)cc1. The number of carbonyl (C=O) groups is 1. The van der Waals surface area contributed by atoms with Crippen molar-refractivity contribution in [1.29, 1.82) is 0 Å². The van der Waals surface area contributed by atoms with Crippen molar-refractivity contribution in [3.05, 3.63) is 42.0 Å². The smallest absolute Gasteiger partial charge is 0.220 e. The number of rotatable bonds is 9. The first-order chi connectivity index (χ1) is 9.61. The normalized spacial score (nSPS) is 10.1. The molecule has 110 valence electrons. The van der Waals surface area contributed by atoms with E-state index in [0.717, 1.165) is 23.3 Å². The van der Waals surface area contributed by atoms with E-state index in [1.54, 1.807) is 7.11 Å². The van der Waals surface area contributed by atoms with Gasteiger partial charge in [-0.25, -0.2) is 0 Å². The van der Waals surface area contributed by atoms with Crippen LogP contribution in [0, 0.1) is 0 Å². The largest absolute Gasteiger partial charge is 0.497 e. The molecule has 0 aromatic heterocycles. The molecule has 1 N–H and O–H groups in total. The van der Waals surface area contributed by atoms with Crippen molar-refractivity contribution in [3.8, 4) is 5.75 Å². The number of methoxy groups -OCH3 is 1. The molecule has 0 radical (unpaired) electrons. The molecule has 1 rings (SSSR count). The number of hydrogen-bond donors (Lipinski definition) is 1. The number of benzene rings is 1. The lowest BCUT2D eigenvalue weighted by Gasteiger charge is -2.07. The first kappa shape index (κ1) is 16.2. The van der Waals surface area contributed by atoms with Gasteiger partial charge < -0.3 is 14.8 Å². The minimum absolute atomic E-state index is 0.0414. The van der Waals surface area contributed by atoms with Crippen molar-refractivity contribution in [2.45, 2.75) is 19.8 Å². The van der Waals surface area contributed by atoms with Gasteiger partial charge in [0.25, 0.3) is 0 Å². The van der Waals surface area contributed by atoms with E-state index in [1.807, 2.05) is 31.2 Å². The molecule has 0 spiro atoms. The van der Waals surface area contributed by atoms with Gasteiger partial charge in [0.05, 0.1) is 20.3 Å². The molecule has 4 nitrogen and oxygen atoms in total. The zero-order valence-corrected chi connectivity index (χ0v) is 12.3. The number of amides is 1. The Morgan fingerprint density at radius 3 is 2.60 bits per heavy atom. The van der Waals surface area contributed by atoms with Gasteiger partial charge in [-0.1, -0.05) is 24.3 Å². The third-order valence-electron chi connectivity index (χ3n) is 2.72. The second-order valence-corrected chi connectivity index (χ2v) is 4.71. The molecular weight excluding hydrogens is 254 g/mol. The van der Waals surface area contributed by atoms with Gasteiger partial charge in [-0.2, -0.15) is 0 Å². The molecule has 1 amide bonds. The van der Waals surface area contributed by atoms with E-state index in [-0.39, 0.29) is 5.91 Å². The molecule has 1 aromatic rings. The molecule has 1 aromatic carbocycles. The standard InChI is InChI=1S/C16H23NO3/c1-13(2)12-20-11-10-17-16(18)9-6-14-4-7-15(19-3)8-5-14/h4-5,7-8H,1,6,9-12H2,2-3H3,(H,17,18). The Bertz CT molecular complexity index is 426.